The van der Waals surface area contributed by atoms with Gasteiger partial charge in [0.25, 0.3) is 0 Å². The van der Waals surface area contributed by atoms with Gasteiger partial charge >= 0.3 is 0 Å². The van der Waals surface area contributed by atoms with Gasteiger partial charge in [-0.25, -0.2) is 0 Å². The quantitative estimate of drug-likeness (QED) is 0.137. The molecule has 0 spiro atoms. The minimum absolute atomic E-state index is 0.752. The number of fused-ring (bicyclic) bond motifs is 9. The summed E-state index contributed by atoms with van der Waals surface area (Å²) in [5, 5.41) is 4.12. The molecule has 0 radical (unpaired) electrons. The molecular formula is C79H51NO2. The number of hydrogen-bond acceptors (Lipinski definition) is 3. The molecule has 13 aromatic carbocycles. The van der Waals surface area contributed by atoms with Crippen LogP contribution in [0.2, 0.25) is 0 Å². The highest BCUT2D eigenvalue weighted by atomic mass is 16.3. The summed E-state index contributed by atoms with van der Waals surface area (Å²) >= 11 is 0. The fourth-order valence-electron chi connectivity index (χ4n) is 13.4. The lowest BCUT2D eigenvalue weighted by molar-refractivity contribution is 0.669. The van der Waals surface area contributed by atoms with Crippen molar-refractivity contribution in [2.45, 2.75) is 5.41 Å². The van der Waals surface area contributed by atoms with Gasteiger partial charge in [0.2, 0.25) is 0 Å². The van der Waals surface area contributed by atoms with Crippen molar-refractivity contribution >= 4 is 60.9 Å². The van der Waals surface area contributed by atoms with Crippen molar-refractivity contribution in [2.75, 3.05) is 4.90 Å². The summed E-state index contributed by atoms with van der Waals surface area (Å²) in [6, 6.07) is 112. The third kappa shape index (κ3) is 7.51. The van der Waals surface area contributed by atoms with E-state index in [4.69, 9.17) is 8.83 Å². The first-order valence-corrected chi connectivity index (χ1v) is 28.1. The average Bonchev–Trinajstić information content (AvgIpc) is 3.88. The van der Waals surface area contributed by atoms with Crippen LogP contribution in [-0.2, 0) is 5.41 Å². The maximum Gasteiger partial charge on any atom is 0.137 e. The lowest BCUT2D eigenvalue weighted by atomic mass is 9.67. The van der Waals surface area contributed by atoms with Crippen LogP contribution in [0, 0.1) is 0 Å². The molecule has 2 heterocycles. The zero-order chi connectivity index (χ0) is 54.1. The normalized spacial score (nSPS) is 13.7. The van der Waals surface area contributed by atoms with Crippen molar-refractivity contribution < 1.29 is 8.83 Å². The van der Waals surface area contributed by atoms with E-state index in [1.54, 1.807) is 0 Å². The summed E-state index contributed by atoms with van der Waals surface area (Å²) < 4.78 is 13.8. The highest BCUT2D eigenvalue weighted by Gasteiger charge is 2.47. The first-order chi connectivity index (χ1) is 40.7. The summed E-state index contributed by atoms with van der Waals surface area (Å²) in [4.78, 5) is 2.47. The highest BCUT2D eigenvalue weighted by molar-refractivity contribution is 6.19. The first kappa shape index (κ1) is 47.3. The van der Waals surface area contributed by atoms with Crippen LogP contribution in [0.1, 0.15) is 22.3 Å². The lowest BCUT2D eigenvalue weighted by Crippen LogP contribution is -2.29. The number of anilines is 3. The lowest BCUT2D eigenvalue weighted by Gasteiger charge is -2.35. The van der Waals surface area contributed by atoms with Crippen LogP contribution in [0.25, 0.3) is 111 Å². The van der Waals surface area contributed by atoms with E-state index in [1.165, 1.54) is 55.6 Å². The highest BCUT2D eigenvalue weighted by Crippen LogP contribution is 2.59. The monoisotopic (exact) mass is 1050 g/mol. The zero-order valence-corrected chi connectivity index (χ0v) is 44.7. The van der Waals surface area contributed by atoms with Crippen molar-refractivity contribution in [3.63, 3.8) is 0 Å². The van der Waals surface area contributed by atoms with E-state index in [1.807, 2.05) is 0 Å². The summed E-state index contributed by atoms with van der Waals surface area (Å²) in [7, 11) is 0. The van der Waals surface area contributed by atoms with E-state index in [-0.39, 0.29) is 0 Å². The molecule has 82 heavy (non-hydrogen) atoms. The van der Waals surface area contributed by atoms with Gasteiger partial charge in [-0.3, -0.25) is 0 Å². The van der Waals surface area contributed by atoms with Crippen LogP contribution in [0.5, 0.6) is 0 Å². The molecule has 16 rings (SSSR count). The molecule has 3 nitrogen and oxygen atoms in total. The second kappa shape index (κ2) is 19.3. The minimum Gasteiger partial charge on any atom is -0.456 e. The van der Waals surface area contributed by atoms with Crippen molar-refractivity contribution in [3.05, 3.63) is 332 Å². The Bertz CT molecular complexity index is 4920. The Hall–Kier alpha value is -10.7. The third-order valence-corrected chi connectivity index (χ3v) is 17.0. The topological polar surface area (TPSA) is 29.5 Å². The smallest absolute Gasteiger partial charge is 0.137 e. The van der Waals surface area contributed by atoms with Crippen molar-refractivity contribution in [2.24, 2.45) is 0 Å². The molecule has 1 atom stereocenters. The Morgan fingerprint density at radius 2 is 0.683 bits per heavy atom. The molecule has 3 heteroatoms. The summed E-state index contributed by atoms with van der Waals surface area (Å²) in [6.07, 6.45) is 0. The van der Waals surface area contributed by atoms with Gasteiger partial charge < -0.3 is 13.7 Å². The zero-order valence-electron chi connectivity index (χ0n) is 44.7. The molecule has 0 aliphatic heterocycles. The van der Waals surface area contributed by atoms with Gasteiger partial charge in [-0.2, -0.15) is 0 Å². The summed E-state index contributed by atoms with van der Waals surface area (Å²) in [5.74, 6) is 0. The molecule has 15 aromatic rings. The Morgan fingerprint density at radius 3 is 1.30 bits per heavy atom. The van der Waals surface area contributed by atoms with Gasteiger partial charge in [0.05, 0.1) is 27.6 Å². The Morgan fingerprint density at radius 1 is 0.256 bits per heavy atom. The van der Waals surface area contributed by atoms with E-state index in [0.29, 0.717) is 0 Å². The van der Waals surface area contributed by atoms with Crippen molar-refractivity contribution in [1.82, 2.24) is 0 Å². The van der Waals surface area contributed by atoms with Crippen molar-refractivity contribution in [3.8, 4) is 66.8 Å². The van der Waals surface area contributed by atoms with Gasteiger partial charge in [0.1, 0.15) is 22.3 Å². The molecule has 1 aliphatic rings. The van der Waals surface area contributed by atoms with Gasteiger partial charge in [0.15, 0.2) is 0 Å². The summed E-state index contributed by atoms with van der Waals surface area (Å²) in [5.41, 5.74) is 24.4. The fourth-order valence-corrected chi connectivity index (χ4v) is 13.4. The van der Waals surface area contributed by atoms with E-state index >= 15 is 0 Å². The molecule has 0 bridgehead atoms. The number of rotatable bonds is 10. The standard InChI is InChI=1S/C79H51NO2/c1-5-22-52(23-6-1)56-30-17-31-59(48-56)79(68-38-16-15-36-65(68)76-64(37-19-39-69(76)79)55-28-11-4-12-29-55)60-32-18-33-61(51-60)80(70-40-20-42-74-77(70)66-49-57(44-46-72(66)81-74)53-24-7-2-8-25-53)71-41-21-43-75-78(71)67-50-58(45-47-73(67)82-75)63-35-14-13-34-62(63)54-26-9-3-10-27-54/h1-51H. The van der Waals surface area contributed by atoms with Crippen LogP contribution >= 0.6 is 0 Å². The predicted octanol–water partition coefficient (Wildman–Crippen LogP) is 21.7. The molecule has 384 valence electrons. The largest absolute Gasteiger partial charge is 0.456 e. The van der Waals surface area contributed by atoms with Crippen LogP contribution in [0.4, 0.5) is 17.1 Å². The second-order valence-corrected chi connectivity index (χ2v) is 21.4. The number of benzene rings is 13. The van der Waals surface area contributed by atoms with E-state index in [2.05, 4.69) is 314 Å². The Labute approximate surface area is 475 Å². The van der Waals surface area contributed by atoms with Gasteiger partial charge in [-0.15, -0.1) is 0 Å². The second-order valence-electron chi connectivity index (χ2n) is 21.4. The molecular weight excluding hydrogens is 995 g/mol. The molecule has 2 aromatic heterocycles. The number of hydrogen-bond donors (Lipinski definition) is 0. The van der Waals surface area contributed by atoms with Crippen LogP contribution in [-0.4, -0.2) is 0 Å². The van der Waals surface area contributed by atoms with E-state index < -0.39 is 5.41 Å². The van der Waals surface area contributed by atoms with E-state index in [0.717, 1.165) is 94.3 Å². The van der Waals surface area contributed by atoms with Gasteiger partial charge in [-0.05, 0) is 156 Å². The molecule has 1 aliphatic carbocycles. The number of furan rings is 2. The Kier molecular flexibility index (Phi) is 11.1. The molecule has 0 fully saturated rings. The minimum atomic E-state index is -0.752. The number of nitrogens with zero attached hydrogens (tertiary/aromatic N) is 1. The van der Waals surface area contributed by atoms with Gasteiger partial charge in [0, 0.05) is 16.5 Å². The average molecular weight is 1050 g/mol. The van der Waals surface area contributed by atoms with E-state index in [9.17, 15) is 0 Å². The molecule has 0 amide bonds. The predicted molar refractivity (Wildman–Crippen MR) is 340 cm³/mol. The SMILES string of the molecule is c1ccc(-c2cccc(C3(c4cccc(N(c5cccc6oc7ccc(-c8ccccc8)cc7c56)c5cccc6oc7ccc(-c8ccccc8-c8ccccc8)cc7c56)c4)c4ccccc4-c4c(-c5ccccc5)cccc43)c2)cc1. The molecule has 0 saturated heterocycles. The maximum atomic E-state index is 6.94. The fraction of sp³-hybridized carbons (Fsp3) is 0.0127. The maximum absolute atomic E-state index is 6.94. The molecule has 0 N–H and O–H groups in total. The first-order valence-electron chi connectivity index (χ1n) is 28.1. The summed E-state index contributed by atoms with van der Waals surface area (Å²) in [6.45, 7) is 0. The van der Waals surface area contributed by atoms with Crippen LogP contribution in [0.3, 0.4) is 0 Å². The molecule has 1 unspecified atom stereocenters. The Balaban J connectivity index is 0.989. The van der Waals surface area contributed by atoms with Crippen LogP contribution < -0.4 is 4.90 Å². The van der Waals surface area contributed by atoms with Crippen molar-refractivity contribution in [1.29, 1.82) is 0 Å². The van der Waals surface area contributed by atoms with Crippen LogP contribution in [0.15, 0.2) is 318 Å². The van der Waals surface area contributed by atoms with Gasteiger partial charge in [-0.1, -0.05) is 243 Å². The third-order valence-electron chi connectivity index (χ3n) is 17.0. The molecule has 0 saturated carbocycles.